The zero-order valence-electron chi connectivity index (χ0n) is 24.5. The fraction of sp³-hybridized carbons (Fsp3) is 0.414. The number of carbonyl (C=O) groups is 2. The molecule has 1 aliphatic rings. The summed E-state index contributed by atoms with van der Waals surface area (Å²) < 4.78 is 17.3. The number of aromatic nitrogens is 3. The fourth-order valence-electron chi connectivity index (χ4n) is 4.60. The van der Waals surface area contributed by atoms with Crippen LogP contribution in [0.2, 0.25) is 0 Å². The molecule has 1 aliphatic heterocycles. The molecule has 0 aliphatic carbocycles. The minimum atomic E-state index is -0.537. The highest BCUT2D eigenvalue weighted by Gasteiger charge is 2.15. The Morgan fingerprint density at radius 2 is 1.88 bits per heavy atom. The molecule has 2 aromatic heterocycles. The van der Waals surface area contributed by atoms with Crippen molar-refractivity contribution in [2.75, 3.05) is 77.3 Å². The summed E-state index contributed by atoms with van der Waals surface area (Å²) in [6, 6.07) is 8.85. The molecule has 14 heteroatoms. The van der Waals surface area contributed by atoms with E-state index in [4.69, 9.17) is 19.2 Å². The van der Waals surface area contributed by atoms with Crippen LogP contribution in [-0.4, -0.2) is 103 Å². The number of benzene rings is 2. The first-order valence-electron chi connectivity index (χ1n) is 14.2. The lowest BCUT2D eigenvalue weighted by atomic mass is 10.2. The number of anilines is 3. The number of esters is 1. The molecule has 0 bridgehead atoms. The number of methoxy groups -OCH3 is 1. The lowest BCUT2D eigenvalue weighted by Crippen LogP contribution is -2.44. The smallest absolute Gasteiger partial charge is 0.325 e. The predicted molar refractivity (Wildman–Crippen MR) is 167 cm³/mol. The molecule has 4 aromatic rings. The van der Waals surface area contributed by atoms with Crippen LogP contribution in [0.4, 0.5) is 21.6 Å². The van der Waals surface area contributed by atoms with Gasteiger partial charge in [0.2, 0.25) is 5.95 Å². The third kappa shape index (κ3) is 8.18. The van der Waals surface area contributed by atoms with Crippen LogP contribution in [-0.2, 0) is 9.53 Å². The SMILES string of the molecule is CCOC(=O)CNC(=O)Nc1nc2ccc(Nc3ncc4cc(OC)c(OCCCN5CCN(C)CC5)cc4n3)cc2s1. The first-order valence-corrected chi connectivity index (χ1v) is 15.0. The molecule has 3 N–H and O–H groups in total. The van der Waals surface area contributed by atoms with Gasteiger partial charge in [-0.25, -0.2) is 19.7 Å². The molecule has 1 fully saturated rings. The van der Waals surface area contributed by atoms with Crippen LogP contribution in [0.3, 0.4) is 0 Å². The summed E-state index contributed by atoms with van der Waals surface area (Å²) in [5.41, 5.74) is 2.21. The van der Waals surface area contributed by atoms with Gasteiger partial charge in [0.1, 0.15) is 6.54 Å². The van der Waals surface area contributed by atoms with E-state index < -0.39 is 12.0 Å². The van der Waals surface area contributed by atoms with E-state index in [1.54, 1.807) is 20.2 Å². The second-order valence-electron chi connectivity index (χ2n) is 10.0. The maximum Gasteiger partial charge on any atom is 0.325 e. The molecule has 0 atom stereocenters. The van der Waals surface area contributed by atoms with Crippen molar-refractivity contribution in [1.29, 1.82) is 0 Å². The zero-order chi connectivity index (χ0) is 30.2. The first kappa shape index (κ1) is 30.2. The predicted octanol–water partition coefficient (Wildman–Crippen LogP) is 3.69. The highest BCUT2D eigenvalue weighted by atomic mass is 32.1. The van der Waals surface area contributed by atoms with Gasteiger partial charge in [0.25, 0.3) is 0 Å². The highest BCUT2D eigenvalue weighted by molar-refractivity contribution is 7.22. The average molecular weight is 609 g/mol. The van der Waals surface area contributed by atoms with Crippen molar-refractivity contribution >= 4 is 61.2 Å². The third-order valence-electron chi connectivity index (χ3n) is 6.90. The van der Waals surface area contributed by atoms with Crippen molar-refractivity contribution in [3.05, 3.63) is 36.5 Å². The standard InChI is InChI=1S/C29H36N8O5S/c1-4-41-26(38)18-31-28(39)35-29-34-21-7-6-20(15-25(21)43-29)32-27-30-17-19-14-23(40-3)24(16-22(19)33-27)42-13-5-8-37-11-9-36(2)10-12-37/h6-7,14-17H,4-5,8-13,18H2,1-3H3,(H,30,32,33)(H2,31,34,35,39). The highest BCUT2D eigenvalue weighted by Crippen LogP contribution is 2.33. The van der Waals surface area contributed by atoms with Crippen LogP contribution < -0.4 is 25.4 Å². The number of nitrogens with zero attached hydrogens (tertiary/aromatic N) is 5. The Bertz CT molecular complexity index is 1570. The molecule has 5 rings (SSSR count). The summed E-state index contributed by atoms with van der Waals surface area (Å²) in [7, 11) is 3.79. The number of amides is 2. The molecule has 228 valence electrons. The summed E-state index contributed by atoms with van der Waals surface area (Å²) >= 11 is 1.31. The van der Waals surface area contributed by atoms with Crippen LogP contribution >= 0.6 is 11.3 Å². The largest absolute Gasteiger partial charge is 0.493 e. The summed E-state index contributed by atoms with van der Waals surface area (Å²) in [5, 5.41) is 9.58. The lowest BCUT2D eigenvalue weighted by Gasteiger charge is -2.32. The number of hydrogen-bond donors (Lipinski definition) is 3. The Morgan fingerprint density at radius 3 is 2.67 bits per heavy atom. The van der Waals surface area contributed by atoms with Crippen molar-refractivity contribution in [1.82, 2.24) is 30.1 Å². The first-order chi connectivity index (χ1) is 20.9. The summed E-state index contributed by atoms with van der Waals surface area (Å²) in [6.07, 6.45) is 2.67. The van der Waals surface area contributed by atoms with E-state index in [0.29, 0.717) is 29.2 Å². The number of hydrogen-bond acceptors (Lipinski definition) is 12. The molecule has 0 radical (unpaired) electrons. The fourth-order valence-corrected chi connectivity index (χ4v) is 5.50. The molecule has 13 nitrogen and oxygen atoms in total. The number of likely N-dealkylation sites (N-methyl/N-ethyl adjacent to an activating group) is 1. The number of piperazine rings is 1. The minimum Gasteiger partial charge on any atom is -0.493 e. The maximum absolute atomic E-state index is 12.1. The van der Waals surface area contributed by atoms with Crippen molar-refractivity contribution in [3.8, 4) is 11.5 Å². The van der Waals surface area contributed by atoms with E-state index >= 15 is 0 Å². The molecular weight excluding hydrogens is 572 g/mol. The second-order valence-corrected chi connectivity index (χ2v) is 11.1. The summed E-state index contributed by atoms with van der Waals surface area (Å²) in [6.45, 7) is 7.71. The van der Waals surface area contributed by atoms with Crippen molar-refractivity contribution < 1.29 is 23.8 Å². The monoisotopic (exact) mass is 608 g/mol. The molecule has 2 amide bonds. The zero-order valence-corrected chi connectivity index (χ0v) is 25.3. The van der Waals surface area contributed by atoms with Gasteiger partial charge in [-0.1, -0.05) is 11.3 Å². The molecule has 0 spiro atoms. The number of fused-ring (bicyclic) bond motifs is 2. The number of ether oxygens (including phenoxy) is 3. The quantitative estimate of drug-likeness (QED) is 0.160. The Morgan fingerprint density at radius 1 is 1.05 bits per heavy atom. The van der Waals surface area contributed by atoms with Crippen LogP contribution in [0.1, 0.15) is 13.3 Å². The van der Waals surface area contributed by atoms with Crippen molar-refractivity contribution in [3.63, 3.8) is 0 Å². The van der Waals surface area contributed by atoms with Gasteiger partial charge in [-0.05, 0) is 44.7 Å². The van der Waals surface area contributed by atoms with E-state index in [9.17, 15) is 9.59 Å². The molecule has 1 saturated heterocycles. The van der Waals surface area contributed by atoms with Gasteiger partial charge < -0.3 is 34.6 Å². The van der Waals surface area contributed by atoms with Gasteiger partial charge in [0, 0.05) is 56.1 Å². The van der Waals surface area contributed by atoms with Crippen LogP contribution in [0.25, 0.3) is 21.1 Å². The minimum absolute atomic E-state index is 0.221. The maximum atomic E-state index is 12.1. The summed E-state index contributed by atoms with van der Waals surface area (Å²) in [4.78, 5) is 42.0. The number of thiazole rings is 1. The molecule has 0 saturated carbocycles. The van der Waals surface area contributed by atoms with Gasteiger partial charge in [0.15, 0.2) is 16.6 Å². The number of nitrogens with one attached hydrogen (secondary N) is 3. The van der Waals surface area contributed by atoms with E-state index in [2.05, 4.69) is 42.8 Å². The third-order valence-corrected chi connectivity index (χ3v) is 7.83. The van der Waals surface area contributed by atoms with Gasteiger partial charge in [-0.15, -0.1) is 0 Å². The Hall–Kier alpha value is -4.27. The molecule has 0 unspecified atom stereocenters. The van der Waals surface area contributed by atoms with Crippen LogP contribution in [0.5, 0.6) is 11.5 Å². The Balaban J connectivity index is 1.21. The molecular formula is C29H36N8O5S. The van der Waals surface area contributed by atoms with E-state index in [1.807, 2.05) is 30.3 Å². The second kappa shape index (κ2) is 14.3. The number of rotatable bonds is 12. The van der Waals surface area contributed by atoms with Crippen LogP contribution in [0, 0.1) is 0 Å². The Labute approximate surface area is 253 Å². The van der Waals surface area contributed by atoms with Crippen molar-refractivity contribution in [2.45, 2.75) is 13.3 Å². The van der Waals surface area contributed by atoms with Gasteiger partial charge in [-0.3, -0.25) is 10.1 Å². The molecule has 3 heterocycles. The van der Waals surface area contributed by atoms with Crippen molar-refractivity contribution in [2.24, 2.45) is 0 Å². The number of urea groups is 1. The normalized spacial score (nSPS) is 14.0. The topological polar surface area (TPSA) is 143 Å². The Kier molecular flexibility index (Phi) is 10.0. The van der Waals surface area contributed by atoms with E-state index in [0.717, 1.165) is 66.0 Å². The van der Waals surface area contributed by atoms with E-state index in [-0.39, 0.29) is 13.2 Å². The van der Waals surface area contributed by atoms with Gasteiger partial charge >= 0.3 is 12.0 Å². The van der Waals surface area contributed by atoms with Gasteiger partial charge in [-0.2, -0.15) is 0 Å². The summed E-state index contributed by atoms with van der Waals surface area (Å²) in [5.74, 6) is 1.22. The molecule has 2 aromatic carbocycles. The average Bonchev–Trinajstić information content (AvgIpc) is 3.40. The molecule has 43 heavy (non-hydrogen) atoms. The van der Waals surface area contributed by atoms with Gasteiger partial charge in [0.05, 0.1) is 36.1 Å². The number of carbonyl (C=O) groups excluding carboxylic acids is 2. The van der Waals surface area contributed by atoms with E-state index in [1.165, 1.54) is 11.3 Å². The van der Waals surface area contributed by atoms with Crippen LogP contribution in [0.15, 0.2) is 36.5 Å². The lowest BCUT2D eigenvalue weighted by molar-refractivity contribution is -0.141.